The third kappa shape index (κ3) is 3.07. The fraction of sp³-hybridized carbons (Fsp3) is 0.375. The van der Waals surface area contributed by atoms with Gasteiger partial charge in [-0.15, -0.1) is 0 Å². The van der Waals surface area contributed by atoms with Crippen molar-refractivity contribution in [2.24, 2.45) is 0 Å². The molecule has 0 aliphatic rings. The van der Waals surface area contributed by atoms with Crippen molar-refractivity contribution in [2.75, 3.05) is 14.1 Å². The van der Waals surface area contributed by atoms with E-state index in [1.54, 1.807) is 20.2 Å². The summed E-state index contributed by atoms with van der Waals surface area (Å²) in [5.74, 6) is 0.0601. The number of hydrogen-bond donors (Lipinski definition) is 0. The molecule has 10 heavy (non-hydrogen) atoms. The molecule has 0 atom stereocenters. The van der Waals surface area contributed by atoms with Crippen molar-refractivity contribution in [3.05, 3.63) is 24.8 Å². The Morgan fingerprint density at radius 1 is 1.60 bits per heavy atom. The molecule has 0 heterocycles. The molecular weight excluding hydrogens is 126 g/mol. The van der Waals surface area contributed by atoms with E-state index in [1.807, 2.05) is 0 Å². The Morgan fingerprint density at radius 2 is 2.10 bits per heavy atom. The summed E-state index contributed by atoms with van der Waals surface area (Å²) >= 11 is 0. The van der Waals surface area contributed by atoms with Crippen molar-refractivity contribution in [3.63, 3.8) is 0 Å². The van der Waals surface area contributed by atoms with Crippen LogP contribution in [0.15, 0.2) is 24.8 Å². The van der Waals surface area contributed by atoms with Crippen LogP contribution >= 0.6 is 0 Å². The molecule has 0 spiro atoms. The summed E-state index contributed by atoms with van der Waals surface area (Å²) < 4.78 is 0. The minimum Gasteiger partial charge on any atom is -0.349 e. The molecule has 0 aromatic heterocycles. The number of rotatable bonds is 3. The van der Waals surface area contributed by atoms with Crippen molar-refractivity contribution in [2.45, 2.75) is 6.42 Å². The second-order valence-electron chi connectivity index (χ2n) is 2.33. The van der Waals surface area contributed by atoms with Crippen LogP contribution in [-0.2, 0) is 4.79 Å². The van der Waals surface area contributed by atoms with Gasteiger partial charge in [-0.3, -0.25) is 4.79 Å². The molecule has 0 fully saturated rings. The first-order chi connectivity index (χ1) is 4.57. The maximum atomic E-state index is 10.9. The van der Waals surface area contributed by atoms with E-state index in [1.165, 1.54) is 4.90 Å². The molecule has 0 aliphatic heterocycles. The minimum absolute atomic E-state index is 0.0601. The molecule has 2 heteroatoms. The van der Waals surface area contributed by atoms with Crippen LogP contribution in [0.25, 0.3) is 0 Å². The van der Waals surface area contributed by atoms with Crippen LogP contribution in [0.4, 0.5) is 0 Å². The average molecular weight is 139 g/mol. The van der Waals surface area contributed by atoms with E-state index in [-0.39, 0.29) is 5.91 Å². The smallest absolute Gasteiger partial charge is 0.226 e. The highest BCUT2D eigenvalue weighted by atomic mass is 16.2. The lowest BCUT2D eigenvalue weighted by Gasteiger charge is -2.08. The van der Waals surface area contributed by atoms with Crippen molar-refractivity contribution in [1.82, 2.24) is 4.90 Å². The molecule has 0 aliphatic carbocycles. The number of carbonyl (C=O) groups excluding carboxylic acids is 1. The van der Waals surface area contributed by atoms with Crippen LogP contribution in [0.5, 0.6) is 0 Å². The third-order valence-electron chi connectivity index (χ3n) is 1.17. The SMILES string of the molecule is C=CC(=C)CC(=O)N(C)C. The normalized spacial score (nSPS) is 8.60. The van der Waals surface area contributed by atoms with Gasteiger partial charge in [0, 0.05) is 14.1 Å². The lowest BCUT2D eigenvalue weighted by Crippen LogP contribution is -2.21. The molecule has 0 unspecified atom stereocenters. The maximum Gasteiger partial charge on any atom is 0.226 e. The third-order valence-corrected chi connectivity index (χ3v) is 1.17. The Labute approximate surface area is 61.8 Å². The molecule has 0 rings (SSSR count). The molecule has 0 aromatic rings. The molecule has 0 aromatic carbocycles. The van der Waals surface area contributed by atoms with E-state index in [9.17, 15) is 4.79 Å². The fourth-order valence-corrected chi connectivity index (χ4v) is 0.425. The van der Waals surface area contributed by atoms with Crippen LogP contribution in [-0.4, -0.2) is 24.9 Å². The molecular formula is C8H13NO. The molecule has 0 bridgehead atoms. The maximum absolute atomic E-state index is 10.9. The van der Waals surface area contributed by atoms with Crippen molar-refractivity contribution in [1.29, 1.82) is 0 Å². The lowest BCUT2D eigenvalue weighted by molar-refractivity contribution is -0.127. The van der Waals surface area contributed by atoms with Crippen LogP contribution in [0, 0.1) is 0 Å². The number of nitrogens with zero attached hydrogens (tertiary/aromatic N) is 1. The largest absolute Gasteiger partial charge is 0.349 e. The number of amides is 1. The number of carbonyl (C=O) groups is 1. The molecule has 56 valence electrons. The van der Waals surface area contributed by atoms with Gasteiger partial charge in [0.15, 0.2) is 0 Å². The summed E-state index contributed by atoms with van der Waals surface area (Å²) in [6, 6.07) is 0. The Bertz CT molecular complexity index is 159. The quantitative estimate of drug-likeness (QED) is 0.538. The van der Waals surface area contributed by atoms with Crippen LogP contribution < -0.4 is 0 Å². The summed E-state index contributed by atoms with van der Waals surface area (Å²) in [5, 5.41) is 0. The fourth-order valence-electron chi connectivity index (χ4n) is 0.425. The zero-order valence-corrected chi connectivity index (χ0v) is 6.55. The van der Waals surface area contributed by atoms with E-state index >= 15 is 0 Å². The zero-order chi connectivity index (χ0) is 8.15. The van der Waals surface area contributed by atoms with Crippen molar-refractivity contribution in [3.8, 4) is 0 Å². The van der Waals surface area contributed by atoms with Crippen LogP contribution in [0.2, 0.25) is 0 Å². The predicted octanol–water partition coefficient (Wildman–Crippen LogP) is 1.21. The molecule has 0 N–H and O–H groups in total. The van der Waals surface area contributed by atoms with Gasteiger partial charge in [-0.1, -0.05) is 19.2 Å². The highest BCUT2D eigenvalue weighted by Crippen LogP contribution is 1.99. The van der Waals surface area contributed by atoms with Crippen molar-refractivity contribution < 1.29 is 4.79 Å². The molecule has 0 saturated carbocycles. The second kappa shape index (κ2) is 3.88. The van der Waals surface area contributed by atoms with Crippen molar-refractivity contribution >= 4 is 5.91 Å². The standard InChI is InChI=1S/C8H13NO/c1-5-7(2)6-8(10)9(3)4/h5H,1-2,6H2,3-4H3. The Morgan fingerprint density at radius 3 is 2.40 bits per heavy atom. The van der Waals surface area contributed by atoms with Gasteiger partial charge in [-0.25, -0.2) is 0 Å². The first kappa shape index (κ1) is 8.95. The molecule has 0 saturated heterocycles. The highest BCUT2D eigenvalue weighted by molar-refractivity contribution is 5.78. The topological polar surface area (TPSA) is 20.3 Å². The first-order valence-corrected chi connectivity index (χ1v) is 3.08. The Balaban J connectivity index is 3.80. The number of allylic oxidation sites excluding steroid dienone is 1. The predicted molar refractivity (Wildman–Crippen MR) is 42.6 cm³/mol. The molecule has 0 radical (unpaired) electrons. The van der Waals surface area contributed by atoms with E-state index in [0.717, 1.165) is 5.57 Å². The molecule has 2 nitrogen and oxygen atoms in total. The van der Waals surface area contributed by atoms with Gasteiger partial charge in [0.2, 0.25) is 5.91 Å². The van der Waals surface area contributed by atoms with Gasteiger partial charge < -0.3 is 4.90 Å². The van der Waals surface area contributed by atoms with Crippen LogP contribution in [0.1, 0.15) is 6.42 Å². The van der Waals surface area contributed by atoms with Gasteiger partial charge in [0.25, 0.3) is 0 Å². The van der Waals surface area contributed by atoms with Gasteiger partial charge >= 0.3 is 0 Å². The highest BCUT2D eigenvalue weighted by Gasteiger charge is 2.02. The van der Waals surface area contributed by atoms with Gasteiger partial charge in [-0.05, 0) is 5.57 Å². The van der Waals surface area contributed by atoms with Gasteiger partial charge in [-0.2, -0.15) is 0 Å². The second-order valence-corrected chi connectivity index (χ2v) is 2.33. The monoisotopic (exact) mass is 139 g/mol. The van der Waals surface area contributed by atoms with E-state index in [4.69, 9.17) is 0 Å². The number of hydrogen-bond acceptors (Lipinski definition) is 1. The summed E-state index contributed by atoms with van der Waals surface area (Å²) in [4.78, 5) is 12.5. The van der Waals surface area contributed by atoms with E-state index in [2.05, 4.69) is 13.2 Å². The van der Waals surface area contributed by atoms with Gasteiger partial charge in [0.1, 0.15) is 0 Å². The average Bonchev–Trinajstić information content (AvgIpc) is 1.87. The lowest BCUT2D eigenvalue weighted by atomic mass is 10.2. The van der Waals surface area contributed by atoms with E-state index < -0.39 is 0 Å². The summed E-state index contributed by atoms with van der Waals surface area (Å²) in [6.07, 6.45) is 1.97. The minimum atomic E-state index is 0.0601. The van der Waals surface area contributed by atoms with E-state index in [0.29, 0.717) is 6.42 Å². The Hall–Kier alpha value is -1.05. The summed E-state index contributed by atoms with van der Waals surface area (Å²) in [6.45, 7) is 7.13. The van der Waals surface area contributed by atoms with Crippen LogP contribution in [0.3, 0.4) is 0 Å². The summed E-state index contributed by atoms with van der Waals surface area (Å²) in [5.41, 5.74) is 0.763. The van der Waals surface area contributed by atoms with Gasteiger partial charge in [0.05, 0.1) is 6.42 Å². The Kier molecular flexibility index (Phi) is 3.47. The zero-order valence-electron chi connectivity index (χ0n) is 6.55. The first-order valence-electron chi connectivity index (χ1n) is 3.08. The molecule has 1 amide bonds. The summed E-state index contributed by atoms with van der Waals surface area (Å²) in [7, 11) is 3.44.